The Kier molecular flexibility index (Phi) is 2.23. The molecule has 0 bridgehead atoms. The lowest BCUT2D eigenvalue weighted by atomic mass is 9.98. The molecule has 1 unspecified atom stereocenters. The summed E-state index contributed by atoms with van der Waals surface area (Å²) in [5, 5.41) is 3.35. The molecular weight excluding hydrogens is 243 g/mol. The molecule has 4 heteroatoms. The van der Waals surface area contributed by atoms with Crippen molar-refractivity contribution in [2.75, 3.05) is 13.1 Å². The third kappa shape index (κ3) is 1.60. The van der Waals surface area contributed by atoms with Crippen LogP contribution in [0.5, 0.6) is 5.75 Å². The molecule has 2 aliphatic rings. The summed E-state index contributed by atoms with van der Waals surface area (Å²) in [6.45, 7) is 2.43. The van der Waals surface area contributed by atoms with Gasteiger partial charge < -0.3 is 14.6 Å². The molecule has 1 saturated heterocycles. The zero-order valence-electron chi connectivity index (χ0n) is 10.5. The fraction of sp³-hybridized carbons (Fsp3) is 0.333. The molecule has 19 heavy (non-hydrogen) atoms. The Hall–Kier alpha value is -1.81. The molecule has 0 amide bonds. The summed E-state index contributed by atoms with van der Waals surface area (Å²) in [5.41, 5.74) is 1.85. The normalized spacial score (nSPS) is 24.7. The SMILES string of the molecule is Fc1ccc2c(c1)OC1(CCNC1)c1cccn1C2. The maximum atomic E-state index is 13.5. The lowest BCUT2D eigenvalue weighted by Gasteiger charge is -2.28. The maximum absolute atomic E-state index is 13.5. The van der Waals surface area contributed by atoms with E-state index in [2.05, 4.69) is 22.1 Å². The quantitative estimate of drug-likeness (QED) is 0.784. The first-order valence-electron chi connectivity index (χ1n) is 6.61. The second-order valence-corrected chi connectivity index (χ2v) is 5.30. The molecule has 2 aliphatic heterocycles. The minimum atomic E-state index is -0.359. The average Bonchev–Trinajstić information content (AvgIpc) is 3.00. The monoisotopic (exact) mass is 258 g/mol. The molecule has 2 aromatic rings. The molecular formula is C15H15FN2O. The van der Waals surface area contributed by atoms with E-state index in [0.717, 1.165) is 31.6 Å². The maximum Gasteiger partial charge on any atom is 0.162 e. The molecule has 1 N–H and O–H groups in total. The Morgan fingerprint density at radius 1 is 1.32 bits per heavy atom. The summed E-state index contributed by atoms with van der Waals surface area (Å²) < 4.78 is 21.9. The smallest absolute Gasteiger partial charge is 0.162 e. The van der Waals surface area contributed by atoms with Crippen LogP contribution in [0.3, 0.4) is 0 Å². The van der Waals surface area contributed by atoms with Crippen LogP contribution in [0.2, 0.25) is 0 Å². The number of fused-ring (bicyclic) bond motifs is 3. The van der Waals surface area contributed by atoms with Gasteiger partial charge in [0.25, 0.3) is 0 Å². The molecule has 1 aromatic carbocycles. The largest absolute Gasteiger partial charge is 0.479 e. The van der Waals surface area contributed by atoms with Crippen LogP contribution in [0.1, 0.15) is 17.7 Å². The molecule has 0 aliphatic carbocycles. The van der Waals surface area contributed by atoms with Crippen LogP contribution in [-0.2, 0) is 12.1 Å². The number of nitrogens with one attached hydrogen (secondary N) is 1. The molecule has 98 valence electrons. The third-order valence-corrected chi connectivity index (χ3v) is 4.09. The van der Waals surface area contributed by atoms with Gasteiger partial charge in [-0.2, -0.15) is 0 Å². The lowest BCUT2D eigenvalue weighted by Crippen LogP contribution is -2.36. The van der Waals surface area contributed by atoms with Gasteiger partial charge in [-0.15, -0.1) is 0 Å². The zero-order valence-corrected chi connectivity index (χ0v) is 10.5. The van der Waals surface area contributed by atoms with Crippen LogP contribution < -0.4 is 10.1 Å². The number of ether oxygens (including phenoxy) is 1. The standard InChI is InChI=1S/C15H15FN2O/c16-12-4-3-11-9-18-7-1-2-14(18)15(5-6-17-10-15)19-13(11)8-12/h1-4,7-8,17H,5-6,9-10H2. The van der Waals surface area contributed by atoms with E-state index in [4.69, 9.17) is 4.74 Å². The predicted octanol–water partition coefficient (Wildman–Crippen LogP) is 2.26. The summed E-state index contributed by atoms with van der Waals surface area (Å²) in [6, 6.07) is 8.97. The van der Waals surface area contributed by atoms with Crippen molar-refractivity contribution in [3.8, 4) is 5.75 Å². The van der Waals surface area contributed by atoms with E-state index in [1.165, 1.54) is 17.8 Å². The van der Waals surface area contributed by atoms with Crippen LogP contribution in [0.15, 0.2) is 36.5 Å². The van der Waals surface area contributed by atoms with Crippen LogP contribution in [0, 0.1) is 5.82 Å². The Morgan fingerprint density at radius 3 is 3.11 bits per heavy atom. The van der Waals surface area contributed by atoms with E-state index in [9.17, 15) is 4.39 Å². The molecule has 0 saturated carbocycles. The number of hydrogen-bond acceptors (Lipinski definition) is 2. The van der Waals surface area contributed by atoms with E-state index in [1.54, 1.807) is 0 Å². The third-order valence-electron chi connectivity index (χ3n) is 4.09. The van der Waals surface area contributed by atoms with Gasteiger partial charge in [0.2, 0.25) is 0 Å². The summed E-state index contributed by atoms with van der Waals surface area (Å²) in [4.78, 5) is 0. The van der Waals surface area contributed by atoms with E-state index >= 15 is 0 Å². The van der Waals surface area contributed by atoms with Crippen molar-refractivity contribution in [1.29, 1.82) is 0 Å². The van der Waals surface area contributed by atoms with Gasteiger partial charge in [-0.25, -0.2) is 4.39 Å². The zero-order chi connectivity index (χ0) is 12.9. The van der Waals surface area contributed by atoms with Crippen LogP contribution in [0.4, 0.5) is 4.39 Å². The average molecular weight is 258 g/mol. The van der Waals surface area contributed by atoms with Crippen molar-refractivity contribution >= 4 is 0 Å². The summed E-state index contributed by atoms with van der Waals surface area (Å²) in [7, 11) is 0. The first kappa shape index (κ1) is 11.1. The molecule has 0 radical (unpaired) electrons. The Balaban J connectivity index is 1.91. The molecule has 1 atom stereocenters. The molecule has 1 aromatic heterocycles. The lowest BCUT2D eigenvalue weighted by molar-refractivity contribution is 0.0838. The highest BCUT2D eigenvalue weighted by Crippen LogP contribution is 2.39. The number of aromatic nitrogens is 1. The molecule has 1 fully saturated rings. The number of nitrogens with zero attached hydrogens (tertiary/aromatic N) is 1. The summed E-state index contributed by atoms with van der Waals surface area (Å²) in [6.07, 6.45) is 2.98. The fourth-order valence-electron chi connectivity index (χ4n) is 3.14. The van der Waals surface area contributed by atoms with Crippen LogP contribution in [0.25, 0.3) is 0 Å². The van der Waals surface area contributed by atoms with Crippen molar-refractivity contribution in [3.63, 3.8) is 0 Å². The van der Waals surface area contributed by atoms with Crippen molar-refractivity contribution in [1.82, 2.24) is 9.88 Å². The minimum Gasteiger partial charge on any atom is -0.479 e. The predicted molar refractivity (Wildman–Crippen MR) is 69.7 cm³/mol. The fourth-order valence-corrected chi connectivity index (χ4v) is 3.14. The number of halogens is 1. The van der Waals surface area contributed by atoms with Gasteiger partial charge in [0, 0.05) is 30.8 Å². The first-order chi connectivity index (χ1) is 9.27. The van der Waals surface area contributed by atoms with Gasteiger partial charge in [0.05, 0.1) is 12.2 Å². The molecule has 4 rings (SSSR count). The van der Waals surface area contributed by atoms with Crippen LogP contribution >= 0.6 is 0 Å². The highest BCUT2D eigenvalue weighted by Gasteiger charge is 2.42. The van der Waals surface area contributed by atoms with Crippen molar-refractivity contribution in [3.05, 3.63) is 53.6 Å². The van der Waals surface area contributed by atoms with Crippen molar-refractivity contribution < 1.29 is 9.13 Å². The van der Waals surface area contributed by atoms with Gasteiger partial charge in [0.1, 0.15) is 11.6 Å². The van der Waals surface area contributed by atoms with Gasteiger partial charge in [0.15, 0.2) is 5.60 Å². The van der Waals surface area contributed by atoms with Crippen molar-refractivity contribution in [2.24, 2.45) is 0 Å². The Morgan fingerprint density at radius 2 is 2.26 bits per heavy atom. The number of rotatable bonds is 0. The molecule has 1 spiro atoms. The van der Waals surface area contributed by atoms with Gasteiger partial charge in [-0.3, -0.25) is 0 Å². The Bertz CT molecular complexity index is 629. The van der Waals surface area contributed by atoms with Gasteiger partial charge in [-0.1, -0.05) is 6.07 Å². The highest BCUT2D eigenvalue weighted by atomic mass is 19.1. The Labute approximate surface area is 111 Å². The summed E-state index contributed by atoms with van der Waals surface area (Å²) >= 11 is 0. The second kappa shape index (κ2) is 3.84. The van der Waals surface area contributed by atoms with Crippen LogP contribution in [-0.4, -0.2) is 17.7 Å². The van der Waals surface area contributed by atoms with E-state index in [0.29, 0.717) is 5.75 Å². The van der Waals surface area contributed by atoms with E-state index < -0.39 is 0 Å². The minimum absolute atomic E-state index is 0.244. The van der Waals surface area contributed by atoms with Gasteiger partial charge in [-0.05, 0) is 24.7 Å². The molecule has 3 heterocycles. The number of hydrogen-bond donors (Lipinski definition) is 1. The molecule has 3 nitrogen and oxygen atoms in total. The number of benzene rings is 1. The van der Waals surface area contributed by atoms with Crippen molar-refractivity contribution in [2.45, 2.75) is 18.6 Å². The first-order valence-corrected chi connectivity index (χ1v) is 6.61. The van der Waals surface area contributed by atoms with Gasteiger partial charge >= 0.3 is 0 Å². The summed E-state index contributed by atoms with van der Waals surface area (Å²) in [5.74, 6) is 0.429. The second-order valence-electron chi connectivity index (χ2n) is 5.30. The van der Waals surface area contributed by atoms with E-state index in [1.807, 2.05) is 12.1 Å². The topological polar surface area (TPSA) is 26.2 Å². The highest BCUT2D eigenvalue weighted by molar-refractivity contribution is 5.38. The van der Waals surface area contributed by atoms with E-state index in [-0.39, 0.29) is 11.4 Å².